The molecule has 0 saturated heterocycles. The molecule has 0 fully saturated rings. The second kappa shape index (κ2) is 6.15. The summed E-state index contributed by atoms with van der Waals surface area (Å²) < 4.78 is 10.8. The summed E-state index contributed by atoms with van der Waals surface area (Å²) in [5.41, 5.74) is 8.13. The Balaban J connectivity index is 2.09. The highest BCUT2D eigenvalue weighted by Crippen LogP contribution is 2.18. The van der Waals surface area contributed by atoms with Crippen molar-refractivity contribution in [1.82, 2.24) is 9.97 Å². The molecule has 0 saturated carbocycles. The average Bonchev–Trinajstić information content (AvgIpc) is 2.46. The fourth-order valence-electron chi connectivity index (χ4n) is 1.68. The Morgan fingerprint density at radius 3 is 2.74 bits per heavy atom. The molecule has 0 amide bonds. The first-order chi connectivity index (χ1) is 9.22. The molecule has 0 aliphatic carbocycles. The van der Waals surface area contributed by atoms with Crippen LogP contribution in [0.4, 0.5) is 0 Å². The molecule has 2 heterocycles. The summed E-state index contributed by atoms with van der Waals surface area (Å²) in [6, 6.07) is 9.33. The Labute approximate surface area is 112 Å². The lowest BCUT2D eigenvalue weighted by atomic mass is 10.3. The summed E-state index contributed by atoms with van der Waals surface area (Å²) in [5.74, 6) is 1.26. The van der Waals surface area contributed by atoms with Crippen LogP contribution >= 0.6 is 0 Å². The minimum atomic E-state index is 0.350. The largest absolute Gasteiger partial charge is 0.485 e. The van der Waals surface area contributed by atoms with Crippen molar-refractivity contribution in [3.05, 3.63) is 47.4 Å². The van der Waals surface area contributed by atoms with Crippen LogP contribution in [0.25, 0.3) is 0 Å². The van der Waals surface area contributed by atoms with Gasteiger partial charge in [-0.2, -0.15) is 0 Å². The summed E-state index contributed by atoms with van der Waals surface area (Å²) >= 11 is 0. The normalized spacial score (nSPS) is 10.3. The van der Waals surface area contributed by atoms with Crippen LogP contribution in [0.1, 0.15) is 17.1 Å². The summed E-state index contributed by atoms with van der Waals surface area (Å²) in [7, 11) is 1.59. The molecule has 0 radical (unpaired) electrons. The molecule has 100 valence electrons. The van der Waals surface area contributed by atoms with Gasteiger partial charge in [0.05, 0.1) is 18.5 Å². The molecule has 0 bridgehead atoms. The van der Waals surface area contributed by atoms with Gasteiger partial charge in [0.15, 0.2) is 0 Å². The molecule has 19 heavy (non-hydrogen) atoms. The van der Waals surface area contributed by atoms with E-state index in [-0.39, 0.29) is 0 Å². The average molecular weight is 259 g/mol. The Morgan fingerprint density at radius 2 is 2.00 bits per heavy atom. The van der Waals surface area contributed by atoms with E-state index < -0.39 is 0 Å². The van der Waals surface area contributed by atoms with Crippen molar-refractivity contribution in [2.24, 2.45) is 5.73 Å². The first kappa shape index (κ1) is 13.3. The van der Waals surface area contributed by atoms with Gasteiger partial charge in [0.25, 0.3) is 0 Å². The number of methoxy groups -OCH3 is 1. The van der Waals surface area contributed by atoms with Crippen LogP contribution in [0, 0.1) is 6.92 Å². The smallest absolute Gasteiger partial charge is 0.213 e. The molecular weight excluding hydrogens is 242 g/mol. The van der Waals surface area contributed by atoms with Crippen molar-refractivity contribution in [3.63, 3.8) is 0 Å². The Morgan fingerprint density at radius 1 is 1.16 bits per heavy atom. The van der Waals surface area contributed by atoms with E-state index in [1.165, 1.54) is 0 Å². The molecule has 0 aliphatic rings. The van der Waals surface area contributed by atoms with Crippen molar-refractivity contribution in [2.45, 2.75) is 20.1 Å². The van der Waals surface area contributed by atoms with Crippen molar-refractivity contribution >= 4 is 0 Å². The number of pyridine rings is 2. The summed E-state index contributed by atoms with van der Waals surface area (Å²) in [4.78, 5) is 8.62. The molecule has 0 spiro atoms. The standard InChI is InChI=1S/C14H17N3O2/c1-10-6-7-13(12(8-15)16-10)19-9-11-4-3-5-14(17-11)18-2/h3-7H,8-9,15H2,1-2H3. The van der Waals surface area contributed by atoms with Crippen LogP contribution in [-0.4, -0.2) is 17.1 Å². The van der Waals surface area contributed by atoms with Crippen LogP contribution in [0.2, 0.25) is 0 Å². The zero-order valence-corrected chi connectivity index (χ0v) is 11.1. The number of hydrogen-bond acceptors (Lipinski definition) is 5. The van der Waals surface area contributed by atoms with E-state index in [1.54, 1.807) is 13.2 Å². The zero-order valence-electron chi connectivity index (χ0n) is 11.1. The number of nitrogens with two attached hydrogens (primary N) is 1. The van der Waals surface area contributed by atoms with Crippen molar-refractivity contribution in [1.29, 1.82) is 0 Å². The predicted molar refractivity (Wildman–Crippen MR) is 72.0 cm³/mol. The molecule has 0 atom stereocenters. The van der Waals surface area contributed by atoms with Crippen molar-refractivity contribution < 1.29 is 9.47 Å². The lowest BCUT2D eigenvalue weighted by Gasteiger charge is -2.10. The van der Waals surface area contributed by atoms with Crippen LogP contribution in [0.5, 0.6) is 11.6 Å². The molecule has 5 nitrogen and oxygen atoms in total. The zero-order chi connectivity index (χ0) is 13.7. The molecule has 0 aliphatic heterocycles. The third kappa shape index (κ3) is 3.42. The topological polar surface area (TPSA) is 70.3 Å². The highest BCUT2D eigenvalue weighted by molar-refractivity contribution is 5.29. The maximum atomic E-state index is 5.71. The Hall–Kier alpha value is -2.14. The fourth-order valence-corrected chi connectivity index (χ4v) is 1.68. The lowest BCUT2D eigenvalue weighted by Crippen LogP contribution is -2.06. The van der Waals surface area contributed by atoms with Gasteiger partial charge in [0, 0.05) is 18.3 Å². The predicted octanol–water partition coefficient (Wildman–Crippen LogP) is 1.83. The van der Waals surface area contributed by atoms with Gasteiger partial charge in [0.2, 0.25) is 5.88 Å². The molecule has 2 rings (SSSR count). The molecule has 0 unspecified atom stereocenters. The van der Waals surface area contributed by atoms with Crippen molar-refractivity contribution in [3.8, 4) is 11.6 Å². The highest BCUT2D eigenvalue weighted by atomic mass is 16.5. The number of nitrogens with zero attached hydrogens (tertiary/aromatic N) is 2. The molecule has 0 aromatic carbocycles. The van der Waals surface area contributed by atoms with Crippen LogP contribution in [0.15, 0.2) is 30.3 Å². The molecule has 2 aromatic heterocycles. The van der Waals surface area contributed by atoms with Crippen LogP contribution in [0.3, 0.4) is 0 Å². The number of hydrogen-bond donors (Lipinski definition) is 1. The van der Waals surface area contributed by atoms with Gasteiger partial charge in [-0.25, -0.2) is 4.98 Å². The quantitative estimate of drug-likeness (QED) is 0.887. The first-order valence-electron chi connectivity index (χ1n) is 6.02. The molecule has 2 N–H and O–H groups in total. The van der Waals surface area contributed by atoms with E-state index >= 15 is 0 Å². The summed E-state index contributed by atoms with van der Waals surface area (Å²) in [6.07, 6.45) is 0. The molecular formula is C14H17N3O2. The van der Waals surface area contributed by atoms with Crippen LogP contribution < -0.4 is 15.2 Å². The maximum absolute atomic E-state index is 5.71. The van der Waals surface area contributed by atoms with E-state index in [1.807, 2.05) is 31.2 Å². The number of rotatable bonds is 5. The van der Waals surface area contributed by atoms with Crippen molar-refractivity contribution in [2.75, 3.05) is 7.11 Å². The van der Waals surface area contributed by atoms with Gasteiger partial charge in [-0.15, -0.1) is 0 Å². The lowest BCUT2D eigenvalue weighted by molar-refractivity contribution is 0.293. The fraction of sp³-hybridized carbons (Fsp3) is 0.286. The van der Waals surface area contributed by atoms with Gasteiger partial charge in [-0.1, -0.05) is 6.07 Å². The monoisotopic (exact) mass is 259 g/mol. The summed E-state index contributed by atoms with van der Waals surface area (Å²) in [5, 5.41) is 0. The summed E-state index contributed by atoms with van der Waals surface area (Å²) in [6.45, 7) is 2.63. The molecule has 5 heteroatoms. The van der Waals surface area contributed by atoms with Gasteiger partial charge >= 0.3 is 0 Å². The van der Waals surface area contributed by atoms with E-state index in [0.29, 0.717) is 24.8 Å². The van der Waals surface area contributed by atoms with Gasteiger partial charge in [-0.3, -0.25) is 4.98 Å². The van der Waals surface area contributed by atoms with Gasteiger partial charge < -0.3 is 15.2 Å². The SMILES string of the molecule is COc1cccc(COc2ccc(C)nc2CN)n1. The van der Waals surface area contributed by atoms with E-state index in [2.05, 4.69) is 9.97 Å². The number of aromatic nitrogens is 2. The number of ether oxygens (including phenoxy) is 2. The Bertz CT molecular complexity index is 558. The van der Waals surface area contributed by atoms with E-state index in [4.69, 9.17) is 15.2 Å². The van der Waals surface area contributed by atoms with Crippen LogP contribution in [-0.2, 0) is 13.2 Å². The van der Waals surface area contributed by atoms with E-state index in [9.17, 15) is 0 Å². The minimum absolute atomic E-state index is 0.350. The highest BCUT2D eigenvalue weighted by Gasteiger charge is 2.05. The van der Waals surface area contributed by atoms with Gasteiger partial charge in [-0.05, 0) is 25.1 Å². The minimum Gasteiger partial charge on any atom is -0.485 e. The van der Waals surface area contributed by atoms with E-state index in [0.717, 1.165) is 17.1 Å². The van der Waals surface area contributed by atoms with Gasteiger partial charge in [0.1, 0.15) is 12.4 Å². The number of aryl methyl sites for hydroxylation is 1. The Kier molecular flexibility index (Phi) is 4.30. The maximum Gasteiger partial charge on any atom is 0.213 e. The third-order valence-electron chi connectivity index (χ3n) is 2.63. The first-order valence-corrected chi connectivity index (χ1v) is 6.02. The third-order valence-corrected chi connectivity index (χ3v) is 2.63. The molecule has 2 aromatic rings. The second-order valence-corrected chi connectivity index (χ2v) is 4.06. The second-order valence-electron chi connectivity index (χ2n) is 4.06.